The minimum atomic E-state index is -0.312. The Kier molecular flexibility index (Phi) is 5.32. The van der Waals surface area contributed by atoms with Crippen molar-refractivity contribution in [2.75, 3.05) is 16.9 Å². The van der Waals surface area contributed by atoms with Gasteiger partial charge in [0.05, 0.1) is 23.3 Å². The lowest BCUT2D eigenvalue weighted by Gasteiger charge is -2.03. The molecule has 3 heterocycles. The number of aromatic nitrogens is 4. The van der Waals surface area contributed by atoms with Crippen molar-refractivity contribution in [3.63, 3.8) is 0 Å². The predicted octanol–water partition coefficient (Wildman–Crippen LogP) is 3.55. The van der Waals surface area contributed by atoms with Crippen molar-refractivity contribution < 1.29 is 13.6 Å². The number of nitrogens with two attached hydrogens (primary N) is 1. The Balaban J connectivity index is 1.37. The van der Waals surface area contributed by atoms with Gasteiger partial charge in [-0.05, 0) is 37.3 Å². The number of nitrogens with zero attached hydrogens (tertiary/aromatic N) is 4. The zero-order valence-electron chi connectivity index (χ0n) is 15.1. The molecule has 0 aliphatic heterocycles. The van der Waals surface area contributed by atoms with E-state index in [2.05, 4.69) is 20.5 Å². The predicted molar refractivity (Wildman–Crippen MR) is 109 cm³/mol. The standard InChI is InChI=1S/C18H15FN6O2S2/c1-10-13(6-7-27-10)16-23-24-18(25(16)20)29-9-15(26)22-17-21-14(8-28-17)11-2-4-12(19)5-3-11/h2-8H,9,20H2,1H3,(H,21,22,26). The van der Waals surface area contributed by atoms with Crippen LogP contribution in [0.15, 0.2) is 51.5 Å². The minimum absolute atomic E-state index is 0.0885. The Hall–Kier alpha value is -3.18. The normalized spacial score (nSPS) is 11.0. The van der Waals surface area contributed by atoms with Crippen molar-refractivity contribution in [3.8, 4) is 22.6 Å². The number of aryl methyl sites for hydroxylation is 1. The highest BCUT2D eigenvalue weighted by molar-refractivity contribution is 7.99. The number of anilines is 1. The summed E-state index contributed by atoms with van der Waals surface area (Å²) in [6, 6.07) is 7.77. The van der Waals surface area contributed by atoms with Gasteiger partial charge in [0.15, 0.2) is 11.0 Å². The molecule has 0 spiro atoms. The molecule has 0 unspecified atom stereocenters. The van der Waals surface area contributed by atoms with E-state index in [9.17, 15) is 9.18 Å². The molecule has 0 atom stereocenters. The monoisotopic (exact) mass is 430 g/mol. The van der Waals surface area contributed by atoms with E-state index in [-0.39, 0.29) is 17.5 Å². The van der Waals surface area contributed by atoms with Gasteiger partial charge >= 0.3 is 0 Å². The number of rotatable bonds is 6. The van der Waals surface area contributed by atoms with Crippen LogP contribution < -0.4 is 11.2 Å². The molecule has 8 nitrogen and oxygen atoms in total. The van der Waals surface area contributed by atoms with Crippen molar-refractivity contribution >= 4 is 34.1 Å². The van der Waals surface area contributed by atoms with E-state index in [0.29, 0.717) is 27.6 Å². The molecule has 4 aromatic rings. The zero-order valence-corrected chi connectivity index (χ0v) is 16.8. The highest BCUT2D eigenvalue weighted by Crippen LogP contribution is 2.27. The fourth-order valence-electron chi connectivity index (χ4n) is 2.55. The van der Waals surface area contributed by atoms with Crippen LogP contribution in [0.5, 0.6) is 0 Å². The van der Waals surface area contributed by atoms with Crippen LogP contribution in [0.2, 0.25) is 0 Å². The van der Waals surface area contributed by atoms with Crippen molar-refractivity contribution in [1.82, 2.24) is 19.9 Å². The topological polar surface area (TPSA) is 112 Å². The van der Waals surface area contributed by atoms with Gasteiger partial charge < -0.3 is 15.6 Å². The Labute approximate surface area is 172 Å². The summed E-state index contributed by atoms with van der Waals surface area (Å²) in [6.07, 6.45) is 1.55. The largest absolute Gasteiger partial charge is 0.469 e. The fourth-order valence-corrected chi connectivity index (χ4v) is 3.94. The van der Waals surface area contributed by atoms with E-state index in [1.54, 1.807) is 36.8 Å². The molecule has 0 aliphatic rings. The van der Waals surface area contributed by atoms with Crippen LogP contribution in [0, 0.1) is 12.7 Å². The Morgan fingerprint density at radius 3 is 2.83 bits per heavy atom. The smallest absolute Gasteiger partial charge is 0.236 e. The maximum absolute atomic E-state index is 13.0. The Morgan fingerprint density at radius 2 is 2.10 bits per heavy atom. The van der Waals surface area contributed by atoms with E-state index in [1.165, 1.54) is 28.1 Å². The van der Waals surface area contributed by atoms with E-state index < -0.39 is 0 Å². The molecule has 11 heteroatoms. The number of thioether (sulfide) groups is 1. The van der Waals surface area contributed by atoms with Crippen molar-refractivity contribution in [2.45, 2.75) is 12.1 Å². The van der Waals surface area contributed by atoms with E-state index in [0.717, 1.165) is 22.9 Å². The van der Waals surface area contributed by atoms with Crippen LogP contribution in [-0.2, 0) is 4.79 Å². The number of nitrogen functional groups attached to an aromatic ring is 1. The summed E-state index contributed by atoms with van der Waals surface area (Å²) in [4.78, 5) is 16.6. The number of benzene rings is 1. The van der Waals surface area contributed by atoms with Gasteiger partial charge in [0, 0.05) is 10.9 Å². The van der Waals surface area contributed by atoms with Crippen molar-refractivity contribution in [3.05, 3.63) is 53.6 Å². The van der Waals surface area contributed by atoms with Gasteiger partial charge in [-0.2, -0.15) is 0 Å². The molecule has 1 amide bonds. The molecular formula is C18H15FN6O2S2. The molecule has 0 fully saturated rings. The summed E-state index contributed by atoms with van der Waals surface area (Å²) < 4.78 is 19.6. The van der Waals surface area contributed by atoms with Gasteiger partial charge in [-0.25, -0.2) is 14.1 Å². The maximum atomic E-state index is 13.0. The summed E-state index contributed by atoms with van der Waals surface area (Å²) in [7, 11) is 0. The number of amides is 1. The van der Waals surface area contributed by atoms with Crippen LogP contribution in [-0.4, -0.2) is 31.5 Å². The number of nitrogens with one attached hydrogen (secondary N) is 1. The van der Waals surface area contributed by atoms with Crippen LogP contribution in [0.25, 0.3) is 22.6 Å². The molecule has 0 saturated carbocycles. The zero-order chi connectivity index (χ0) is 20.4. The SMILES string of the molecule is Cc1occc1-c1nnc(SCC(=O)Nc2nc(-c3ccc(F)cc3)cs2)n1N. The molecule has 0 bridgehead atoms. The Morgan fingerprint density at radius 1 is 1.31 bits per heavy atom. The number of halogens is 1. The van der Waals surface area contributed by atoms with Crippen molar-refractivity contribution in [2.24, 2.45) is 0 Å². The number of furan rings is 1. The first-order chi connectivity index (χ1) is 14.0. The fraction of sp³-hybridized carbons (Fsp3) is 0.111. The second kappa shape index (κ2) is 8.05. The lowest BCUT2D eigenvalue weighted by atomic mass is 10.2. The highest BCUT2D eigenvalue weighted by atomic mass is 32.2. The van der Waals surface area contributed by atoms with E-state index in [4.69, 9.17) is 10.3 Å². The quantitative estimate of drug-likeness (QED) is 0.355. The molecule has 0 radical (unpaired) electrons. The summed E-state index contributed by atoms with van der Waals surface area (Å²) in [5, 5.41) is 13.5. The van der Waals surface area contributed by atoms with Gasteiger partial charge in [0.1, 0.15) is 11.6 Å². The summed E-state index contributed by atoms with van der Waals surface area (Å²) >= 11 is 2.45. The van der Waals surface area contributed by atoms with Crippen LogP contribution in [0.3, 0.4) is 0 Å². The number of carbonyl (C=O) groups excluding carboxylic acids is 1. The molecule has 1 aromatic carbocycles. The third kappa shape index (κ3) is 4.15. The summed E-state index contributed by atoms with van der Waals surface area (Å²) in [5.41, 5.74) is 2.18. The molecule has 4 rings (SSSR count). The summed E-state index contributed by atoms with van der Waals surface area (Å²) in [6.45, 7) is 1.80. The molecule has 0 aliphatic carbocycles. The maximum Gasteiger partial charge on any atom is 0.236 e. The van der Waals surface area contributed by atoms with Gasteiger partial charge in [-0.15, -0.1) is 21.5 Å². The molecule has 0 saturated heterocycles. The summed E-state index contributed by atoms with van der Waals surface area (Å²) in [5.74, 6) is 6.71. The third-order valence-corrected chi connectivity index (χ3v) is 5.69. The minimum Gasteiger partial charge on any atom is -0.469 e. The molecule has 29 heavy (non-hydrogen) atoms. The van der Waals surface area contributed by atoms with Crippen molar-refractivity contribution in [1.29, 1.82) is 0 Å². The average molecular weight is 430 g/mol. The van der Waals surface area contributed by atoms with Gasteiger partial charge in [0.25, 0.3) is 0 Å². The highest BCUT2D eigenvalue weighted by Gasteiger charge is 2.17. The lowest BCUT2D eigenvalue weighted by molar-refractivity contribution is -0.113. The first-order valence-corrected chi connectivity index (χ1v) is 10.3. The second-order valence-electron chi connectivity index (χ2n) is 5.95. The van der Waals surface area contributed by atoms with Crippen LogP contribution in [0.4, 0.5) is 9.52 Å². The first kappa shape index (κ1) is 19.2. The van der Waals surface area contributed by atoms with E-state index >= 15 is 0 Å². The number of hydrogen-bond acceptors (Lipinski definition) is 8. The average Bonchev–Trinajstić information content (AvgIpc) is 3.42. The van der Waals surface area contributed by atoms with Crippen LogP contribution >= 0.6 is 23.1 Å². The van der Waals surface area contributed by atoms with Crippen LogP contribution in [0.1, 0.15) is 5.76 Å². The lowest BCUT2D eigenvalue weighted by Crippen LogP contribution is -2.16. The van der Waals surface area contributed by atoms with Gasteiger partial charge in [-0.1, -0.05) is 11.8 Å². The Bertz CT molecular complexity index is 1150. The number of carbonyl (C=O) groups is 1. The second-order valence-corrected chi connectivity index (χ2v) is 7.75. The molecular weight excluding hydrogens is 415 g/mol. The third-order valence-electron chi connectivity index (χ3n) is 3.99. The molecule has 3 N–H and O–H groups in total. The first-order valence-electron chi connectivity index (χ1n) is 8.40. The van der Waals surface area contributed by atoms with E-state index in [1.807, 2.05) is 0 Å². The van der Waals surface area contributed by atoms with Gasteiger partial charge in [-0.3, -0.25) is 4.79 Å². The number of hydrogen-bond donors (Lipinski definition) is 2. The molecule has 3 aromatic heterocycles. The number of thiazole rings is 1. The molecule has 148 valence electrons. The van der Waals surface area contributed by atoms with Gasteiger partial charge in [0.2, 0.25) is 11.1 Å².